The fourth-order valence-corrected chi connectivity index (χ4v) is 4.75. The zero-order valence-electron chi connectivity index (χ0n) is 24.0. The van der Waals surface area contributed by atoms with Crippen molar-refractivity contribution in [2.24, 2.45) is 0 Å². The largest absolute Gasteiger partial charge is 0.497 e. The summed E-state index contributed by atoms with van der Waals surface area (Å²) in [7, 11) is 4.41. The third kappa shape index (κ3) is 6.72. The predicted octanol–water partition coefficient (Wildman–Crippen LogP) is 5.41. The molecule has 1 saturated heterocycles. The fourth-order valence-electron chi connectivity index (χ4n) is 4.75. The second-order valence-electron chi connectivity index (χ2n) is 9.87. The molecule has 0 saturated carbocycles. The molecule has 2 heterocycles. The topological polar surface area (TPSA) is 110 Å². The number of nitrogens with zero attached hydrogens (tertiary/aromatic N) is 2. The van der Waals surface area contributed by atoms with Gasteiger partial charge in [0, 0.05) is 25.1 Å². The van der Waals surface area contributed by atoms with Gasteiger partial charge in [0.2, 0.25) is 5.76 Å². The van der Waals surface area contributed by atoms with Gasteiger partial charge in [0.1, 0.15) is 24.7 Å². The number of esters is 1. The van der Waals surface area contributed by atoms with Crippen molar-refractivity contribution in [3.8, 4) is 23.0 Å². The normalized spacial score (nSPS) is 14.3. The van der Waals surface area contributed by atoms with E-state index in [2.05, 4.69) is 9.89 Å². The summed E-state index contributed by atoms with van der Waals surface area (Å²) in [5.41, 5.74) is 2.01. The van der Waals surface area contributed by atoms with Gasteiger partial charge in [-0.05, 0) is 53.9 Å². The summed E-state index contributed by atoms with van der Waals surface area (Å²) in [6.45, 7) is 0.844. The van der Waals surface area contributed by atoms with E-state index in [9.17, 15) is 9.59 Å². The molecule has 1 aromatic heterocycles. The number of hydrogen-bond acceptors (Lipinski definition) is 9. The van der Waals surface area contributed by atoms with Crippen molar-refractivity contribution in [2.45, 2.75) is 25.6 Å². The minimum Gasteiger partial charge on any atom is -0.497 e. The van der Waals surface area contributed by atoms with Gasteiger partial charge in [-0.2, -0.15) is 0 Å². The van der Waals surface area contributed by atoms with Crippen LogP contribution in [-0.2, 0) is 18.0 Å². The molecule has 0 N–H and O–H groups in total. The highest BCUT2D eigenvalue weighted by Crippen LogP contribution is 2.36. The van der Waals surface area contributed by atoms with Gasteiger partial charge < -0.3 is 33.1 Å². The number of amides is 1. The van der Waals surface area contributed by atoms with Crippen LogP contribution in [-0.4, -0.2) is 56.4 Å². The zero-order valence-corrected chi connectivity index (χ0v) is 24.0. The maximum atomic E-state index is 16.1. The number of aromatic nitrogens is 1. The number of methoxy groups -OCH3 is 3. The first-order valence-corrected chi connectivity index (χ1v) is 13.6. The van der Waals surface area contributed by atoms with E-state index in [1.807, 2.05) is 24.3 Å². The molecule has 11 heteroatoms. The first kappa shape index (κ1) is 29.4. The lowest BCUT2D eigenvalue weighted by atomic mass is 10.1. The molecular weight excluding hydrogens is 559 g/mol. The molecule has 0 aliphatic carbocycles. The number of halogens is 1. The molecule has 224 valence electrons. The van der Waals surface area contributed by atoms with Crippen molar-refractivity contribution < 1.29 is 42.2 Å². The SMILES string of the molecule is COC(=O)c1cc(C2CCN(C(=O)c3ccc(OCc4ccc(OC)cc4)c(OCc4ccc(OC)cc4)c3F)C2)no1. The summed E-state index contributed by atoms with van der Waals surface area (Å²) in [5.74, 6) is -0.746. The molecule has 5 rings (SSSR count). The minimum absolute atomic E-state index is 0.0165. The van der Waals surface area contributed by atoms with Crippen LogP contribution in [0.3, 0.4) is 0 Å². The first-order chi connectivity index (χ1) is 20.9. The summed E-state index contributed by atoms with van der Waals surface area (Å²) >= 11 is 0. The highest BCUT2D eigenvalue weighted by molar-refractivity contribution is 5.95. The Morgan fingerprint density at radius 3 is 2.14 bits per heavy atom. The second kappa shape index (κ2) is 13.3. The lowest BCUT2D eigenvalue weighted by molar-refractivity contribution is 0.0554. The molecule has 0 bridgehead atoms. The third-order valence-corrected chi connectivity index (χ3v) is 7.20. The Morgan fingerprint density at radius 1 is 0.907 bits per heavy atom. The van der Waals surface area contributed by atoms with E-state index in [0.717, 1.165) is 11.1 Å². The first-order valence-electron chi connectivity index (χ1n) is 13.6. The van der Waals surface area contributed by atoms with Crippen molar-refractivity contribution in [3.63, 3.8) is 0 Å². The Balaban J connectivity index is 1.35. The number of rotatable bonds is 11. The maximum absolute atomic E-state index is 16.1. The Kier molecular flexibility index (Phi) is 9.09. The van der Waals surface area contributed by atoms with Crippen LogP contribution >= 0.6 is 0 Å². The number of ether oxygens (including phenoxy) is 5. The standard InChI is InChI=1S/C32H31FN2O8/c1-38-23-8-4-20(5-9-23)18-41-27-13-12-25(29(33)30(27)42-19-21-6-10-24(39-2)11-7-21)31(36)35-15-14-22(17-35)26-16-28(43-34-26)32(37)40-3/h4-13,16,22H,14-15,17-19H2,1-3H3. The van der Waals surface area contributed by atoms with E-state index in [-0.39, 0.29) is 48.5 Å². The summed E-state index contributed by atoms with van der Waals surface area (Å²) in [6, 6.07) is 18.9. The third-order valence-electron chi connectivity index (χ3n) is 7.20. The van der Waals surface area contributed by atoms with E-state index in [0.29, 0.717) is 30.2 Å². The van der Waals surface area contributed by atoms with Gasteiger partial charge >= 0.3 is 5.97 Å². The number of carbonyl (C=O) groups excluding carboxylic acids is 2. The molecule has 1 atom stereocenters. The Bertz CT molecular complexity index is 1570. The molecule has 0 spiro atoms. The van der Waals surface area contributed by atoms with Gasteiger partial charge in [-0.1, -0.05) is 29.4 Å². The summed E-state index contributed by atoms with van der Waals surface area (Å²) in [4.78, 5) is 26.8. The van der Waals surface area contributed by atoms with Crippen LogP contribution in [0.4, 0.5) is 4.39 Å². The average molecular weight is 591 g/mol. The van der Waals surface area contributed by atoms with Crippen molar-refractivity contribution in [1.82, 2.24) is 10.1 Å². The Hall–Kier alpha value is -5.06. The number of benzene rings is 3. The van der Waals surface area contributed by atoms with E-state index in [1.165, 1.54) is 25.3 Å². The van der Waals surface area contributed by atoms with Gasteiger partial charge in [0.05, 0.1) is 32.6 Å². The quantitative estimate of drug-likeness (QED) is 0.212. The van der Waals surface area contributed by atoms with Crippen molar-refractivity contribution in [3.05, 3.63) is 101 Å². The summed E-state index contributed by atoms with van der Waals surface area (Å²) < 4.78 is 48.1. The van der Waals surface area contributed by atoms with Crippen molar-refractivity contribution >= 4 is 11.9 Å². The predicted molar refractivity (Wildman–Crippen MR) is 152 cm³/mol. The number of likely N-dealkylation sites (tertiary alicyclic amines) is 1. The van der Waals surface area contributed by atoms with Gasteiger partial charge in [-0.3, -0.25) is 4.79 Å². The molecule has 1 amide bonds. The lowest BCUT2D eigenvalue weighted by Gasteiger charge is -2.19. The van der Waals surface area contributed by atoms with Crippen LogP contribution < -0.4 is 18.9 Å². The highest BCUT2D eigenvalue weighted by Gasteiger charge is 2.33. The van der Waals surface area contributed by atoms with Gasteiger partial charge in [-0.25, -0.2) is 9.18 Å². The number of carbonyl (C=O) groups is 2. The molecule has 0 radical (unpaired) electrons. The Labute approximate surface area is 247 Å². The van der Waals surface area contributed by atoms with Crippen LogP contribution in [0.2, 0.25) is 0 Å². The molecule has 10 nitrogen and oxygen atoms in total. The molecule has 1 fully saturated rings. The van der Waals surface area contributed by atoms with Crippen LogP contribution in [0.1, 0.15) is 50.1 Å². The highest BCUT2D eigenvalue weighted by atomic mass is 19.1. The van der Waals surface area contributed by atoms with Crippen molar-refractivity contribution in [2.75, 3.05) is 34.4 Å². The minimum atomic E-state index is -0.816. The zero-order chi connectivity index (χ0) is 30.3. The number of hydrogen-bond donors (Lipinski definition) is 0. The fraction of sp³-hybridized carbons (Fsp3) is 0.281. The maximum Gasteiger partial charge on any atom is 0.376 e. The molecular formula is C32H31FN2O8. The molecule has 1 unspecified atom stereocenters. The van der Waals surface area contributed by atoms with E-state index < -0.39 is 17.7 Å². The van der Waals surface area contributed by atoms with Crippen molar-refractivity contribution in [1.29, 1.82) is 0 Å². The molecule has 3 aromatic carbocycles. The molecule has 1 aliphatic heterocycles. The molecule has 1 aliphatic rings. The van der Waals surface area contributed by atoms with E-state index in [4.69, 9.17) is 23.5 Å². The molecule has 43 heavy (non-hydrogen) atoms. The molecule has 4 aromatic rings. The van der Waals surface area contributed by atoms with Crippen LogP contribution in [0, 0.1) is 5.82 Å². The van der Waals surface area contributed by atoms with Crippen LogP contribution in [0.25, 0.3) is 0 Å². The van der Waals surface area contributed by atoms with Gasteiger partial charge in [0.15, 0.2) is 17.3 Å². The summed E-state index contributed by atoms with van der Waals surface area (Å²) in [5, 5.41) is 3.96. The van der Waals surface area contributed by atoms with E-state index in [1.54, 1.807) is 43.4 Å². The van der Waals surface area contributed by atoms with Crippen LogP contribution in [0.5, 0.6) is 23.0 Å². The summed E-state index contributed by atoms with van der Waals surface area (Å²) in [6.07, 6.45) is 0.574. The average Bonchev–Trinajstić information content (AvgIpc) is 3.74. The van der Waals surface area contributed by atoms with Crippen LogP contribution in [0.15, 0.2) is 71.3 Å². The van der Waals surface area contributed by atoms with Gasteiger partial charge in [-0.15, -0.1) is 0 Å². The van der Waals surface area contributed by atoms with Gasteiger partial charge in [0.25, 0.3) is 5.91 Å². The smallest absolute Gasteiger partial charge is 0.376 e. The lowest BCUT2D eigenvalue weighted by Crippen LogP contribution is -2.29. The Morgan fingerprint density at radius 2 is 1.53 bits per heavy atom. The second-order valence-corrected chi connectivity index (χ2v) is 9.87. The van der Waals surface area contributed by atoms with E-state index >= 15 is 4.39 Å². The monoisotopic (exact) mass is 590 g/mol.